The Bertz CT molecular complexity index is 57.9. The summed E-state index contributed by atoms with van der Waals surface area (Å²) >= 11 is 0. The fraction of sp³-hybridized carbons (Fsp3) is 1.00. The van der Waals surface area contributed by atoms with Gasteiger partial charge in [-0.05, 0) is 12.3 Å². The molecule has 2 atom stereocenters. The van der Waals surface area contributed by atoms with Gasteiger partial charge in [-0.15, -0.1) is 0 Å². The van der Waals surface area contributed by atoms with E-state index in [1.54, 1.807) is 0 Å². The van der Waals surface area contributed by atoms with E-state index in [0.717, 1.165) is 12.8 Å². The normalized spacial score (nSPS) is 17.3. The van der Waals surface area contributed by atoms with Gasteiger partial charge < -0.3 is 10.8 Å². The molecule has 0 aliphatic heterocycles. The van der Waals surface area contributed by atoms with Crippen molar-refractivity contribution in [3.8, 4) is 0 Å². The Morgan fingerprint density at radius 2 is 2.11 bits per heavy atom. The second kappa shape index (κ2) is 4.77. The Labute approximate surface area is 57.1 Å². The molecule has 0 amide bonds. The monoisotopic (exact) mass is 131 g/mol. The third kappa shape index (κ3) is 4.43. The maximum Gasteiger partial charge on any atom is 0.0582 e. The highest BCUT2D eigenvalue weighted by atomic mass is 16.3. The van der Waals surface area contributed by atoms with Gasteiger partial charge in [0, 0.05) is 6.04 Å². The first-order valence-electron chi connectivity index (χ1n) is 3.57. The first-order valence-corrected chi connectivity index (χ1v) is 3.57. The minimum atomic E-state index is -0.0139. The molecule has 2 nitrogen and oxygen atoms in total. The van der Waals surface area contributed by atoms with E-state index < -0.39 is 0 Å². The van der Waals surface area contributed by atoms with Gasteiger partial charge >= 0.3 is 0 Å². The molecule has 3 N–H and O–H groups in total. The van der Waals surface area contributed by atoms with Crippen LogP contribution in [0.15, 0.2) is 0 Å². The lowest BCUT2D eigenvalue weighted by Crippen LogP contribution is -2.26. The molecule has 0 spiro atoms. The van der Waals surface area contributed by atoms with Gasteiger partial charge in [-0.25, -0.2) is 0 Å². The van der Waals surface area contributed by atoms with Crippen LogP contribution < -0.4 is 5.73 Å². The van der Waals surface area contributed by atoms with Gasteiger partial charge in [-0.1, -0.05) is 20.3 Å². The van der Waals surface area contributed by atoms with Gasteiger partial charge in [0.2, 0.25) is 0 Å². The third-order valence-corrected chi connectivity index (χ3v) is 1.64. The molecule has 0 radical (unpaired) electrons. The van der Waals surface area contributed by atoms with Crippen molar-refractivity contribution in [2.45, 2.75) is 32.7 Å². The Kier molecular flexibility index (Phi) is 4.72. The van der Waals surface area contributed by atoms with Crippen molar-refractivity contribution < 1.29 is 5.11 Å². The summed E-state index contributed by atoms with van der Waals surface area (Å²) in [6.45, 7) is 4.40. The molecule has 0 rings (SSSR count). The second-order valence-electron chi connectivity index (χ2n) is 2.69. The fourth-order valence-corrected chi connectivity index (χ4v) is 0.758. The van der Waals surface area contributed by atoms with Crippen LogP contribution in [0.5, 0.6) is 0 Å². The minimum absolute atomic E-state index is 0.0139. The van der Waals surface area contributed by atoms with Crippen LogP contribution in [-0.4, -0.2) is 17.8 Å². The van der Waals surface area contributed by atoms with Gasteiger partial charge in [-0.2, -0.15) is 0 Å². The summed E-state index contributed by atoms with van der Waals surface area (Å²) in [6.07, 6.45) is 2.08. The van der Waals surface area contributed by atoms with Crippen molar-refractivity contribution >= 4 is 0 Å². The zero-order chi connectivity index (χ0) is 7.28. The van der Waals surface area contributed by atoms with E-state index in [9.17, 15) is 0 Å². The predicted octanol–water partition coefficient (Wildman–Crippen LogP) is 0.742. The van der Waals surface area contributed by atoms with E-state index in [0.29, 0.717) is 5.92 Å². The highest BCUT2D eigenvalue weighted by Gasteiger charge is 2.04. The molecule has 0 fully saturated rings. The lowest BCUT2D eigenvalue weighted by atomic mass is 10.0. The van der Waals surface area contributed by atoms with Crippen LogP contribution in [0.3, 0.4) is 0 Å². The van der Waals surface area contributed by atoms with Crippen molar-refractivity contribution in [1.29, 1.82) is 0 Å². The van der Waals surface area contributed by atoms with Crippen LogP contribution in [0.25, 0.3) is 0 Å². The molecule has 0 heterocycles. The van der Waals surface area contributed by atoms with E-state index in [-0.39, 0.29) is 12.6 Å². The molecule has 0 bridgehead atoms. The van der Waals surface area contributed by atoms with E-state index in [1.165, 1.54) is 0 Å². The zero-order valence-electron chi connectivity index (χ0n) is 6.30. The third-order valence-electron chi connectivity index (χ3n) is 1.64. The van der Waals surface area contributed by atoms with Gasteiger partial charge in [-0.3, -0.25) is 0 Å². The first-order chi connectivity index (χ1) is 4.20. The van der Waals surface area contributed by atoms with Crippen molar-refractivity contribution in [3.05, 3.63) is 0 Å². The standard InChI is InChI=1S/C7H17NO/c1-3-6(2)4-7(8)5-9/h6-7,9H,3-5,8H2,1-2H3/t6?,7-/m0/s1. The number of hydrogen-bond acceptors (Lipinski definition) is 2. The predicted molar refractivity (Wildman–Crippen MR) is 39.1 cm³/mol. The summed E-state index contributed by atoms with van der Waals surface area (Å²) < 4.78 is 0. The Hall–Kier alpha value is -0.0800. The van der Waals surface area contributed by atoms with Crippen molar-refractivity contribution in [2.75, 3.05) is 6.61 Å². The Morgan fingerprint density at radius 3 is 2.44 bits per heavy atom. The smallest absolute Gasteiger partial charge is 0.0582 e. The van der Waals surface area contributed by atoms with Crippen LogP contribution in [0.1, 0.15) is 26.7 Å². The lowest BCUT2D eigenvalue weighted by molar-refractivity contribution is 0.246. The van der Waals surface area contributed by atoms with E-state index >= 15 is 0 Å². The molecule has 0 aromatic heterocycles. The molecule has 0 aliphatic rings. The molecule has 9 heavy (non-hydrogen) atoms. The molecule has 0 aromatic carbocycles. The maximum atomic E-state index is 8.55. The summed E-state index contributed by atoms with van der Waals surface area (Å²) in [7, 11) is 0. The summed E-state index contributed by atoms with van der Waals surface area (Å²) in [5, 5.41) is 8.55. The Balaban J connectivity index is 3.22. The molecule has 56 valence electrons. The molecule has 1 unspecified atom stereocenters. The summed E-state index contributed by atoms with van der Waals surface area (Å²) in [6, 6.07) is -0.0139. The van der Waals surface area contributed by atoms with E-state index in [1.807, 2.05) is 0 Å². The van der Waals surface area contributed by atoms with Crippen LogP contribution in [-0.2, 0) is 0 Å². The number of aliphatic hydroxyl groups is 1. The van der Waals surface area contributed by atoms with Crippen molar-refractivity contribution in [3.63, 3.8) is 0 Å². The minimum Gasteiger partial charge on any atom is -0.395 e. The summed E-state index contributed by atoms with van der Waals surface area (Å²) in [4.78, 5) is 0. The average Bonchev–Trinajstić information content (AvgIpc) is 1.87. The van der Waals surface area contributed by atoms with E-state index in [2.05, 4.69) is 13.8 Å². The van der Waals surface area contributed by atoms with Crippen LogP contribution in [0.4, 0.5) is 0 Å². The largest absolute Gasteiger partial charge is 0.395 e. The molecule has 0 saturated heterocycles. The quantitative estimate of drug-likeness (QED) is 0.591. The van der Waals surface area contributed by atoms with Crippen LogP contribution in [0, 0.1) is 5.92 Å². The van der Waals surface area contributed by atoms with Crippen LogP contribution in [0.2, 0.25) is 0 Å². The van der Waals surface area contributed by atoms with Gasteiger partial charge in [0.1, 0.15) is 0 Å². The first kappa shape index (κ1) is 8.92. The van der Waals surface area contributed by atoms with Gasteiger partial charge in [0.25, 0.3) is 0 Å². The van der Waals surface area contributed by atoms with Gasteiger partial charge in [0.05, 0.1) is 6.61 Å². The number of aliphatic hydroxyl groups excluding tert-OH is 1. The highest BCUT2D eigenvalue weighted by molar-refractivity contribution is 4.62. The van der Waals surface area contributed by atoms with Gasteiger partial charge in [0.15, 0.2) is 0 Å². The number of hydrogen-bond donors (Lipinski definition) is 2. The highest BCUT2D eigenvalue weighted by Crippen LogP contribution is 2.07. The average molecular weight is 131 g/mol. The summed E-state index contributed by atoms with van der Waals surface area (Å²) in [5.74, 6) is 0.646. The number of nitrogens with two attached hydrogens (primary N) is 1. The zero-order valence-corrected chi connectivity index (χ0v) is 6.30. The SMILES string of the molecule is CCC(C)C[C@H](N)CO. The molecule has 0 aromatic rings. The molecular weight excluding hydrogens is 114 g/mol. The molecular formula is C7H17NO. The van der Waals surface area contributed by atoms with E-state index in [4.69, 9.17) is 10.8 Å². The fourth-order valence-electron chi connectivity index (χ4n) is 0.758. The maximum absolute atomic E-state index is 8.55. The number of rotatable bonds is 4. The van der Waals surface area contributed by atoms with Crippen molar-refractivity contribution in [1.82, 2.24) is 0 Å². The lowest BCUT2D eigenvalue weighted by Gasteiger charge is -2.12. The van der Waals surface area contributed by atoms with Crippen molar-refractivity contribution in [2.24, 2.45) is 11.7 Å². The molecule has 2 heteroatoms. The second-order valence-corrected chi connectivity index (χ2v) is 2.69. The molecule has 0 aliphatic carbocycles. The van der Waals surface area contributed by atoms with Crippen LogP contribution >= 0.6 is 0 Å². The topological polar surface area (TPSA) is 46.2 Å². The Morgan fingerprint density at radius 1 is 1.56 bits per heavy atom. The molecule has 0 saturated carbocycles. The summed E-state index contributed by atoms with van der Waals surface area (Å²) in [5.41, 5.74) is 5.50.